The first-order valence-electron chi connectivity index (χ1n) is 9.28. The van der Waals surface area contributed by atoms with E-state index in [0.717, 1.165) is 0 Å². The first kappa shape index (κ1) is 8.07. The van der Waals surface area contributed by atoms with Crippen molar-refractivity contribution < 1.29 is 17.8 Å². The van der Waals surface area contributed by atoms with Crippen molar-refractivity contribution in [2.75, 3.05) is 5.73 Å². The maximum absolute atomic E-state index is 13.0. The zero-order valence-electron chi connectivity index (χ0n) is 16.8. The Hall–Kier alpha value is -2.50. The van der Waals surface area contributed by atoms with Crippen LogP contribution >= 0.6 is 0 Å². The number of carbonyl (C=O) groups is 2. The summed E-state index contributed by atoms with van der Waals surface area (Å²) in [7, 11) is 0. The highest BCUT2D eigenvalue weighted by Crippen LogP contribution is 2.24. The number of hydrogen-bond acceptors (Lipinski definition) is 5. The Bertz CT molecular complexity index is 1030. The topological polar surface area (TPSA) is 95.0 Å². The summed E-state index contributed by atoms with van der Waals surface area (Å²) in [4.78, 5) is 41.4. The van der Waals surface area contributed by atoms with Crippen molar-refractivity contribution >= 4 is 28.2 Å². The molecule has 108 valence electrons. The van der Waals surface area contributed by atoms with Crippen LogP contribution < -0.4 is 11.3 Å². The number of anilines is 1. The largest absolute Gasteiger partial charge is 0.398 e. The van der Waals surface area contributed by atoms with Gasteiger partial charge in [0.05, 0.1) is 23.4 Å². The summed E-state index contributed by atoms with van der Waals surface area (Å²) in [5.74, 6) is -2.80. The zero-order chi connectivity index (χ0) is 20.3. The molecule has 0 bridgehead atoms. The van der Waals surface area contributed by atoms with Gasteiger partial charge in [-0.1, -0.05) is 6.07 Å². The Morgan fingerprint density at radius 2 is 2.24 bits per heavy atom. The summed E-state index contributed by atoms with van der Waals surface area (Å²) >= 11 is 0. The molecule has 2 aromatic rings. The predicted molar refractivity (Wildman–Crippen MR) is 78.1 cm³/mol. The number of fused-ring (bicyclic) bond motifs is 1. The third-order valence-electron chi connectivity index (χ3n) is 3.24. The number of aryl methyl sites for hydroxylation is 1. The average Bonchev–Trinajstić information content (AvgIpc) is 2.55. The SMILES string of the molecule is [2H]C([2H])c1nc2cccc(N)c2c(=O)n1C1C(=O)CC(=O)C([2H])([2H])C1([2H])[2H]. The van der Waals surface area contributed by atoms with Crippen LogP contribution in [-0.4, -0.2) is 21.1 Å². The van der Waals surface area contributed by atoms with E-state index in [4.69, 9.17) is 14.0 Å². The first-order chi connectivity index (χ1) is 12.4. The molecule has 3 rings (SSSR count). The molecule has 0 radical (unpaired) electrons. The van der Waals surface area contributed by atoms with Crippen LogP contribution in [0.25, 0.3) is 10.9 Å². The Balaban J connectivity index is 2.42. The molecule has 6 heteroatoms. The zero-order valence-corrected chi connectivity index (χ0v) is 10.8. The summed E-state index contributed by atoms with van der Waals surface area (Å²) in [6, 6.07) is 2.27. The highest BCUT2D eigenvalue weighted by Gasteiger charge is 2.30. The van der Waals surface area contributed by atoms with Gasteiger partial charge < -0.3 is 5.73 Å². The molecule has 0 spiro atoms. The van der Waals surface area contributed by atoms with Crippen LogP contribution in [0.1, 0.15) is 39.3 Å². The Kier molecular flexibility index (Phi) is 1.84. The van der Waals surface area contributed by atoms with E-state index in [1.165, 1.54) is 18.2 Å². The van der Waals surface area contributed by atoms with Crippen molar-refractivity contribution in [2.45, 2.75) is 32.1 Å². The van der Waals surface area contributed by atoms with Gasteiger partial charge in [0.2, 0.25) is 0 Å². The molecule has 1 unspecified atom stereocenters. The lowest BCUT2D eigenvalue weighted by atomic mass is 9.92. The monoisotopic (exact) mass is 291 g/mol. The number of nitrogens with two attached hydrogens (primary N) is 1. The number of nitrogen functional groups attached to an aromatic ring is 1. The molecule has 0 amide bonds. The number of hydrogen-bond donors (Lipinski definition) is 1. The number of carbonyl (C=O) groups excluding carboxylic acids is 2. The lowest BCUT2D eigenvalue weighted by Gasteiger charge is -2.24. The van der Waals surface area contributed by atoms with E-state index in [1.807, 2.05) is 0 Å². The molecule has 0 saturated heterocycles. The van der Waals surface area contributed by atoms with Gasteiger partial charge in [-0.2, -0.15) is 0 Å². The van der Waals surface area contributed by atoms with E-state index in [1.54, 1.807) is 0 Å². The van der Waals surface area contributed by atoms with Gasteiger partial charge in [0, 0.05) is 20.3 Å². The van der Waals surface area contributed by atoms with Crippen LogP contribution in [0, 0.1) is 6.88 Å². The summed E-state index contributed by atoms with van der Waals surface area (Å²) in [6.45, 7) is -1.87. The van der Waals surface area contributed by atoms with Crippen molar-refractivity contribution in [3.63, 3.8) is 0 Å². The number of aromatic nitrogens is 2. The van der Waals surface area contributed by atoms with Crippen molar-refractivity contribution in [3.05, 3.63) is 34.4 Å². The maximum Gasteiger partial charge on any atom is 0.264 e. The number of nitrogens with zero attached hydrogens (tertiary/aromatic N) is 2. The van der Waals surface area contributed by atoms with Crippen LogP contribution in [0.5, 0.6) is 0 Å². The minimum atomic E-state index is -3.09. The van der Waals surface area contributed by atoms with E-state index in [9.17, 15) is 14.4 Å². The average molecular weight is 291 g/mol. The molecule has 1 aliphatic carbocycles. The molecule has 1 fully saturated rings. The second-order valence-electron chi connectivity index (χ2n) is 4.62. The summed E-state index contributed by atoms with van der Waals surface area (Å²) in [5.41, 5.74) is 4.91. The molecule has 21 heavy (non-hydrogen) atoms. The summed E-state index contributed by atoms with van der Waals surface area (Å²) in [5, 5.41) is -0.136. The molecule has 2 N–H and O–H groups in total. The van der Waals surface area contributed by atoms with Gasteiger partial charge in [-0.15, -0.1) is 0 Å². The van der Waals surface area contributed by atoms with Crippen molar-refractivity contribution in [1.29, 1.82) is 0 Å². The maximum atomic E-state index is 13.0. The Morgan fingerprint density at radius 3 is 3.00 bits per heavy atom. The number of benzene rings is 1. The number of ketones is 2. The van der Waals surface area contributed by atoms with Crippen molar-refractivity contribution in [1.82, 2.24) is 9.55 Å². The van der Waals surface area contributed by atoms with Gasteiger partial charge in [-0.05, 0) is 25.4 Å². The van der Waals surface area contributed by atoms with Crippen molar-refractivity contribution in [3.8, 4) is 0 Å². The van der Waals surface area contributed by atoms with Crippen LogP contribution in [0.4, 0.5) is 5.69 Å². The van der Waals surface area contributed by atoms with E-state index in [0.29, 0.717) is 4.57 Å². The van der Waals surface area contributed by atoms with Crippen molar-refractivity contribution in [2.24, 2.45) is 0 Å². The van der Waals surface area contributed by atoms with Gasteiger partial charge in [-0.3, -0.25) is 19.0 Å². The van der Waals surface area contributed by atoms with Crippen LogP contribution in [0.15, 0.2) is 23.0 Å². The fourth-order valence-electron chi connectivity index (χ4n) is 2.27. The van der Waals surface area contributed by atoms with Gasteiger partial charge in [0.25, 0.3) is 5.56 Å². The molecular weight excluding hydrogens is 270 g/mol. The fourth-order valence-corrected chi connectivity index (χ4v) is 2.27. The minimum absolute atomic E-state index is 0.000262. The van der Waals surface area contributed by atoms with Gasteiger partial charge in [0.15, 0.2) is 5.78 Å². The fraction of sp³-hybridized carbons (Fsp3) is 0.333. The van der Waals surface area contributed by atoms with Crippen LogP contribution in [0.3, 0.4) is 0 Å². The molecular formula is C15H15N3O3. The third-order valence-corrected chi connectivity index (χ3v) is 3.24. The second-order valence-corrected chi connectivity index (χ2v) is 4.62. The second kappa shape index (κ2) is 4.80. The van der Waals surface area contributed by atoms with E-state index >= 15 is 0 Å². The molecule has 1 aliphatic rings. The van der Waals surface area contributed by atoms with Crippen LogP contribution in [-0.2, 0) is 9.59 Å². The molecule has 1 aromatic heterocycles. The normalized spacial score (nSPS) is 28.3. The molecule has 6 nitrogen and oxygen atoms in total. The van der Waals surface area contributed by atoms with E-state index < -0.39 is 55.0 Å². The van der Waals surface area contributed by atoms with Crippen LogP contribution in [0.2, 0.25) is 0 Å². The lowest BCUT2D eigenvalue weighted by Crippen LogP contribution is -2.36. The Labute approximate surface area is 129 Å². The summed E-state index contributed by atoms with van der Waals surface area (Å²) in [6.07, 6.45) is -7.04. The number of rotatable bonds is 1. The van der Waals surface area contributed by atoms with E-state index in [-0.39, 0.29) is 16.6 Å². The molecule has 1 saturated carbocycles. The first-order valence-corrected chi connectivity index (χ1v) is 6.12. The molecule has 1 aromatic carbocycles. The predicted octanol–water partition coefficient (Wildman–Crippen LogP) is 1.15. The standard InChI is InChI=1S/C15H15N3O3/c1-8-17-11-4-2-3-10(16)14(11)15(21)18(8)12-6-5-9(19)7-13(12)20/h2-4,12H,5-7,16H2,1H3/i1D2,5D2,6D2. The molecule has 1 atom stereocenters. The highest BCUT2D eigenvalue weighted by atomic mass is 16.2. The lowest BCUT2D eigenvalue weighted by molar-refractivity contribution is -0.132. The van der Waals surface area contributed by atoms with Gasteiger partial charge in [-0.25, -0.2) is 4.98 Å². The summed E-state index contributed by atoms with van der Waals surface area (Å²) < 4.78 is 47.6. The Morgan fingerprint density at radius 1 is 1.43 bits per heavy atom. The smallest absolute Gasteiger partial charge is 0.264 e. The molecule has 1 heterocycles. The highest BCUT2D eigenvalue weighted by molar-refractivity contribution is 6.03. The molecule has 0 aliphatic heterocycles. The minimum Gasteiger partial charge on any atom is -0.398 e. The quantitative estimate of drug-likeness (QED) is 0.628. The number of Topliss-reactive ketones (excluding diaryl/α,β-unsaturated/α-hetero) is 2. The van der Waals surface area contributed by atoms with Gasteiger partial charge >= 0.3 is 0 Å². The van der Waals surface area contributed by atoms with E-state index in [2.05, 4.69) is 4.98 Å². The van der Waals surface area contributed by atoms with Gasteiger partial charge in [0.1, 0.15) is 11.6 Å². The third kappa shape index (κ3) is 2.12.